The third kappa shape index (κ3) is 3.49. The van der Waals surface area contributed by atoms with Gasteiger partial charge in [-0.1, -0.05) is 29.8 Å². The lowest BCUT2D eigenvalue weighted by Gasteiger charge is -2.16. The highest BCUT2D eigenvalue weighted by Gasteiger charge is 2.70. The van der Waals surface area contributed by atoms with E-state index in [2.05, 4.69) is 0 Å². The van der Waals surface area contributed by atoms with Crippen molar-refractivity contribution in [2.75, 3.05) is 26.9 Å². The number of hydrogen-bond donors (Lipinski definition) is 1. The van der Waals surface area contributed by atoms with Gasteiger partial charge in [0.2, 0.25) is 0 Å². The van der Waals surface area contributed by atoms with E-state index < -0.39 is 20.5 Å². The fourth-order valence-corrected chi connectivity index (χ4v) is 6.35. The summed E-state index contributed by atoms with van der Waals surface area (Å²) in [5.74, 6) is 0.534. The molecule has 3 atom stereocenters. The molecule has 1 fully saturated rings. The van der Waals surface area contributed by atoms with Crippen molar-refractivity contribution in [2.24, 2.45) is 11.1 Å². The Labute approximate surface area is 161 Å². The fourth-order valence-electron chi connectivity index (χ4n) is 3.90. The van der Waals surface area contributed by atoms with Crippen LogP contribution < -0.4 is 10.5 Å². The number of aryl methyl sites for hydroxylation is 1. The average molecular weight is 390 g/mol. The van der Waals surface area contributed by atoms with Crippen molar-refractivity contribution in [3.05, 3.63) is 59.7 Å². The smallest absolute Gasteiger partial charge is 0.182 e. The molecular weight excluding hydrogens is 362 g/mol. The van der Waals surface area contributed by atoms with Gasteiger partial charge in [0.15, 0.2) is 9.84 Å². The summed E-state index contributed by atoms with van der Waals surface area (Å²) in [5, 5.41) is -0.599. The van der Waals surface area contributed by atoms with E-state index in [4.69, 9.17) is 15.2 Å². The molecule has 0 unspecified atom stereocenters. The minimum atomic E-state index is -3.54. The van der Waals surface area contributed by atoms with Gasteiger partial charge in [-0.2, -0.15) is 0 Å². The Bertz CT molecular complexity index is 877. The van der Waals surface area contributed by atoms with E-state index in [0.29, 0.717) is 18.1 Å². The highest BCUT2D eigenvalue weighted by Crippen LogP contribution is 2.63. The quantitative estimate of drug-likeness (QED) is 0.751. The lowest BCUT2D eigenvalue weighted by molar-refractivity contribution is 0.101. The number of hydrogen-bond acceptors (Lipinski definition) is 5. The Morgan fingerprint density at radius 1 is 1.07 bits per heavy atom. The molecule has 0 spiro atoms. The number of ether oxygens (including phenoxy) is 2. The number of methoxy groups -OCH3 is 1. The molecule has 2 N–H and O–H groups in total. The molecule has 0 aromatic heterocycles. The van der Waals surface area contributed by atoms with Gasteiger partial charge in [-0.05, 0) is 43.7 Å². The fraction of sp³-hybridized carbons (Fsp3) is 0.429. The van der Waals surface area contributed by atoms with Crippen LogP contribution in [0.1, 0.15) is 24.0 Å². The van der Waals surface area contributed by atoms with Crippen LogP contribution in [0.4, 0.5) is 0 Å². The minimum absolute atomic E-state index is 0.203. The van der Waals surface area contributed by atoms with Crippen LogP contribution in [0.5, 0.6) is 5.75 Å². The molecule has 5 nitrogen and oxygen atoms in total. The molecular formula is C21H27NO4S. The van der Waals surface area contributed by atoms with E-state index in [0.717, 1.165) is 16.9 Å². The maximum atomic E-state index is 13.4. The molecule has 1 aliphatic rings. The Hall–Kier alpha value is -1.89. The monoisotopic (exact) mass is 389 g/mol. The van der Waals surface area contributed by atoms with Crippen LogP contribution in [0.15, 0.2) is 53.4 Å². The molecule has 146 valence electrons. The van der Waals surface area contributed by atoms with E-state index >= 15 is 0 Å². The number of rotatable bonds is 8. The Balaban J connectivity index is 2.02. The predicted octanol–water partition coefficient (Wildman–Crippen LogP) is 2.92. The van der Waals surface area contributed by atoms with E-state index in [1.54, 1.807) is 19.2 Å². The number of nitrogens with two attached hydrogens (primary N) is 1. The Morgan fingerprint density at radius 2 is 1.70 bits per heavy atom. The molecule has 0 radical (unpaired) electrons. The summed E-state index contributed by atoms with van der Waals surface area (Å²) in [6.45, 7) is 4.94. The molecule has 27 heavy (non-hydrogen) atoms. The highest BCUT2D eigenvalue weighted by atomic mass is 32.2. The number of benzene rings is 2. The zero-order valence-electron chi connectivity index (χ0n) is 16.0. The van der Waals surface area contributed by atoms with Crippen molar-refractivity contribution in [2.45, 2.75) is 29.9 Å². The van der Waals surface area contributed by atoms with Gasteiger partial charge < -0.3 is 15.2 Å². The molecule has 0 aliphatic heterocycles. The van der Waals surface area contributed by atoms with E-state index in [1.807, 2.05) is 50.2 Å². The number of sulfone groups is 1. The first-order valence-electron chi connectivity index (χ1n) is 9.13. The van der Waals surface area contributed by atoms with Gasteiger partial charge in [-0.15, -0.1) is 0 Å². The van der Waals surface area contributed by atoms with Crippen LogP contribution >= 0.6 is 0 Å². The van der Waals surface area contributed by atoms with Gasteiger partial charge in [-0.25, -0.2) is 8.42 Å². The highest BCUT2D eigenvalue weighted by molar-refractivity contribution is 7.92. The van der Waals surface area contributed by atoms with Crippen molar-refractivity contribution in [3.8, 4) is 5.75 Å². The Morgan fingerprint density at radius 3 is 2.22 bits per heavy atom. The van der Waals surface area contributed by atoms with Gasteiger partial charge in [0.25, 0.3) is 0 Å². The largest absolute Gasteiger partial charge is 0.497 e. The lowest BCUT2D eigenvalue weighted by Crippen LogP contribution is -2.29. The molecule has 0 bridgehead atoms. The van der Waals surface area contributed by atoms with Crippen LogP contribution in [-0.2, 0) is 14.6 Å². The third-order valence-electron chi connectivity index (χ3n) is 5.49. The maximum Gasteiger partial charge on any atom is 0.182 e. The van der Waals surface area contributed by atoms with Gasteiger partial charge in [0, 0.05) is 24.5 Å². The van der Waals surface area contributed by atoms with E-state index in [1.165, 1.54) is 0 Å². The topological polar surface area (TPSA) is 78.6 Å². The average Bonchev–Trinajstić information content (AvgIpc) is 3.37. The van der Waals surface area contributed by atoms with Crippen LogP contribution in [0.25, 0.3) is 0 Å². The summed E-state index contributed by atoms with van der Waals surface area (Å²) < 4.78 is 37.7. The second-order valence-corrected chi connectivity index (χ2v) is 9.17. The summed E-state index contributed by atoms with van der Waals surface area (Å²) in [5.41, 5.74) is 7.47. The second kappa shape index (κ2) is 7.62. The van der Waals surface area contributed by atoms with E-state index in [-0.39, 0.29) is 12.5 Å². The van der Waals surface area contributed by atoms with Crippen LogP contribution in [0.3, 0.4) is 0 Å². The van der Waals surface area contributed by atoms with Crippen LogP contribution in [0.2, 0.25) is 0 Å². The standard InChI is InChI=1S/C21H27NO4S/c1-4-26-14-21(13-22)19(16-7-9-17(25-3)10-8-16)20(21)27(23,24)18-11-5-15(2)6-12-18/h5-12,19-20H,4,13-14,22H2,1-3H3/t19-,20+,21-/m1/s1. The van der Waals surface area contributed by atoms with Crippen molar-refractivity contribution < 1.29 is 17.9 Å². The first-order chi connectivity index (χ1) is 12.9. The SMILES string of the molecule is CCOC[C@]1(CN)[C@H](c2ccc(OC)cc2)[C@@H]1S(=O)(=O)c1ccc(C)cc1. The molecule has 0 heterocycles. The van der Waals surface area contributed by atoms with Crippen molar-refractivity contribution in [3.63, 3.8) is 0 Å². The molecule has 6 heteroatoms. The summed E-state index contributed by atoms with van der Waals surface area (Å²) in [4.78, 5) is 0.337. The van der Waals surface area contributed by atoms with Crippen LogP contribution in [0, 0.1) is 12.3 Å². The summed E-state index contributed by atoms with van der Waals surface area (Å²) in [6.07, 6.45) is 0. The van der Waals surface area contributed by atoms with Gasteiger partial charge >= 0.3 is 0 Å². The summed E-state index contributed by atoms with van der Waals surface area (Å²) in [7, 11) is -1.93. The maximum absolute atomic E-state index is 13.4. The molecule has 0 saturated heterocycles. The van der Waals surface area contributed by atoms with Crippen LogP contribution in [-0.4, -0.2) is 40.5 Å². The molecule has 2 aromatic rings. The van der Waals surface area contributed by atoms with Gasteiger partial charge in [0.1, 0.15) is 5.75 Å². The Kier molecular flexibility index (Phi) is 5.60. The van der Waals surface area contributed by atoms with E-state index in [9.17, 15) is 8.42 Å². The molecule has 1 saturated carbocycles. The second-order valence-electron chi connectivity index (χ2n) is 7.10. The summed E-state index contributed by atoms with van der Waals surface area (Å²) >= 11 is 0. The molecule has 2 aromatic carbocycles. The zero-order chi connectivity index (χ0) is 19.7. The first kappa shape index (κ1) is 19.9. The predicted molar refractivity (Wildman–Crippen MR) is 106 cm³/mol. The van der Waals surface area contributed by atoms with Crippen molar-refractivity contribution in [1.29, 1.82) is 0 Å². The first-order valence-corrected chi connectivity index (χ1v) is 10.7. The van der Waals surface area contributed by atoms with Crippen molar-refractivity contribution in [1.82, 2.24) is 0 Å². The summed E-state index contributed by atoms with van der Waals surface area (Å²) in [6, 6.07) is 14.5. The molecule has 1 aliphatic carbocycles. The van der Waals surface area contributed by atoms with Gasteiger partial charge in [-0.3, -0.25) is 0 Å². The van der Waals surface area contributed by atoms with Crippen molar-refractivity contribution >= 4 is 9.84 Å². The van der Waals surface area contributed by atoms with Gasteiger partial charge in [0.05, 0.1) is 23.9 Å². The molecule has 0 amide bonds. The third-order valence-corrected chi connectivity index (χ3v) is 7.83. The normalized spacial score (nSPS) is 24.6. The zero-order valence-corrected chi connectivity index (χ0v) is 16.8. The molecule has 3 rings (SSSR count). The lowest BCUT2D eigenvalue weighted by atomic mass is 10.00. The minimum Gasteiger partial charge on any atom is -0.497 e.